The standard InChI is InChI=1S/C84H107N21O24S7/c1-16-32(3)57-73(121)88-34(5)66(114)86-33(4)65(113)87-35(6)67(115)105-84-21-20-46(76-99-51(28-133-76)69(117)96-50(24-131-26-56(80(124)128-15)90-41(12)110)68(116)95-49(64(85)112)23-130-25-55(79(123)127-14)89-40(11)109)93-62(84)48-27-134-77(97-48)59(38(9)129-81(125)47-22-43(36(7)106)42-18-19-45(91-57)61(111)60(42)92-47)103-70(118)52-30-135-78(100-52)63(83(13,126)39(10)108)104-72(120)53-29-132-75(98-53)44(17-2)94-74(122)58(37(8)107)102-71(119)54-31-136-82(84)101-54/h17-19,22,27-28,30-32,34-39,45,49-50,53,55-59,61-63,91,106-108,111,126H,4,16,20-21,23-26,29H2,1-3,5-15H3,(H2,85,112)(H,86,114)(H,87,113)(H,88,121)(H,89,109)(H,90,110)(H,94,122)(H,95,116)(H,96,117)(H,102,119)(H,103,118)(H,104,120)(H,105,115)/b44-17-/t32-,34-,35-,36-,37+,38+,39+,45?,49?,50?,53-,55?,56?,57-,58-,59-,61-,62+,63+,83+,84?/m0/s1. The minimum absolute atomic E-state index is 0.0125. The van der Waals surface area contributed by atoms with Crippen molar-refractivity contribution in [2.75, 3.05) is 43.0 Å². The molecule has 5 aromatic rings. The molecule has 0 fully saturated rings. The van der Waals surface area contributed by atoms with Crippen molar-refractivity contribution >= 4 is 192 Å². The number of carbonyl (C=O) groups is 16. The molecule has 0 saturated heterocycles. The highest BCUT2D eigenvalue weighted by molar-refractivity contribution is 8.14. The summed E-state index contributed by atoms with van der Waals surface area (Å²) < 4.78 is 16.0. The van der Waals surface area contributed by atoms with Gasteiger partial charge in [-0.05, 0) is 85.8 Å². The minimum Gasteiger partial charge on any atom is -0.467 e. The van der Waals surface area contributed by atoms with Crippen LogP contribution in [-0.4, -0.2) is 283 Å². The first kappa shape index (κ1) is 107. The van der Waals surface area contributed by atoms with E-state index in [1.165, 1.54) is 101 Å². The fourth-order valence-electron chi connectivity index (χ4n) is 14.4. The van der Waals surface area contributed by atoms with E-state index >= 15 is 14.4 Å². The largest absolute Gasteiger partial charge is 0.467 e. The molecule has 4 aliphatic heterocycles. The fraction of sp³-hybridized carbons (Fsp3) is 0.512. The van der Waals surface area contributed by atoms with Crippen LogP contribution in [0, 0.1) is 5.92 Å². The Kier molecular flexibility index (Phi) is 36.5. The summed E-state index contributed by atoms with van der Waals surface area (Å²) in [4.78, 5) is 259. The van der Waals surface area contributed by atoms with E-state index in [1.54, 1.807) is 13.8 Å². The van der Waals surface area contributed by atoms with Crippen molar-refractivity contribution in [2.45, 2.75) is 223 Å². The molecule has 13 amide bonds. The van der Waals surface area contributed by atoms with Crippen LogP contribution in [0.2, 0.25) is 0 Å². The molecule has 6 unspecified atom stereocenters. The third-order valence-corrected chi connectivity index (χ3v) is 29.6. The average molecular weight is 2020 g/mol. The van der Waals surface area contributed by atoms with Gasteiger partial charge >= 0.3 is 17.9 Å². The van der Waals surface area contributed by atoms with Crippen LogP contribution in [0.25, 0.3) is 6.08 Å². The number of thioether (sulfide) groups is 3. The number of aromatic nitrogens is 5. The summed E-state index contributed by atoms with van der Waals surface area (Å²) in [5.74, 6) is -16.6. The molecule has 45 nitrogen and oxygen atoms in total. The Balaban J connectivity index is 1.16. The van der Waals surface area contributed by atoms with Gasteiger partial charge in [0, 0.05) is 69.7 Å². The zero-order valence-corrected chi connectivity index (χ0v) is 81.7. The van der Waals surface area contributed by atoms with Crippen molar-refractivity contribution in [3.63, 3.8) is 0 Å². The maximum absolute atomic E-state index is 15.7. The number of nitrogens with one attached hydrogen (secondary N) is 13. The average Bonchev–Trinajstić information content (AvgIpc) is 1.56. The SMILES string of the molecule is C=C1NC(=O)[C@H](C)NC(=O)[C@H]([C@@H](C)CC)NC2C=Cc3c([C@H](C)O)cc(nc3[C@H]2O)C(=O)O[C@H](C)[C@@H]2NC(=O)c3csc(n3)[C@H]([C@](C)(O)[C@@H](C)O)NC(=O)[C@@H]3CSC(=N3)/C(=C/C)NC(=O)[C@H]([C@@H](C)O)NC(=O)c3csc(n3)C3(CCC(c4nc(C(=O)NC(CSCC(NC(C)=O)C(=O)OC)C(=O)NC(CSCC(NC(C)=O)C(=O)OC)C(N)=O)cs4)=N[C@@H]3c3csc2n3)NC(=O)[C@H](C)NC1=O. The Bertz CT molecular complexity index is 5580. The molecule has 20 N–H and O–H groups in total. The van der Waals surface area contributed by atoms with Gasteiger partial charge in [-0.15, -0.1) is 57.1 Å². The van der Waals surface area contributed by atoms with Gasteiger partial charge in [0.25, 0.3) is 23.6 Å². The molecule has 734 valence electrons. The van der Waals surface area contributed by atoms with Crippen LogP contribution in [0.1, 0.15) is 217 Å². The van der Waals surface area contributed by atoms with Crippen LogP contribution in [0.3, 0.4) is 0 Å². The number of allylic oxidation sites excluding steroid dienone is 1. The third kappa shape index (κ3) is 25.7. The topological polar surface area (TPSA) is 674 Å². The summed E-state index contributed by atoms with van der Waals surface area (Å²) in [6.07, 6.45) is -3.66. The lowest BCUT2D eigenvalue weighted by Crippen LogP contribution is -2.57. The van der Waals surface area contributed by atoms with Crippen LogP contribution in [0.5, 0.6) is 0 Å². The number of rotatable bonds is 24. The summed E-state index contributed by atoms with van der Waals surface area (Å²) in [5, 5.41) is 98.0. The van der Waals surface area contributed by atoms with E-state index in [0.717, 1.165) is 109 Å². The van der Waals surface area contributed by atoms with E-state index in [-0.39, 0.29) is 112 Å². The molecule has 5 aromatic heterocycles. The van der Waals surface area contributed by atoms with Crippen molar-refractivity contribution in [1.29, 1.82) is 0 Å². The molecule has 1 aliphatic carbocycles. The summed E-state index contributed by atoms with van der Waals surface area (Å²) in [6, 6.07) is -17.7. The first-order chi connectivity index (χ1) is 64.2. The van der Waals surface area contributed by atoms with Gasteiger partial charge in [0.2, 0.25) is 53.2 Å². The Morgan fingerprint density at radius 3 is 1.94 bits per heavy atom. The fourth-order valence-corrected chi connectivity index (χ4v) is 21.4. The Hall–Kier alpha value is -11.4. The summed E-state index contributed by atoms with van der Waals surface area (Å²) in [5.41, 5.74) is -0.817. The number of ether oxygens (including phenoxy) is 3. The molecular formula is C84H107N21O24S7. The lowest BCUT2D eigenvalue weighted by molar-refractivity contribution is -0.144. The summed E-state index contributed by atoms with van der Waals surface area (Å²) in [7, 11) is 2.17. The smallest absolute Gasteiger partial charge is 0.357 e. The highest BCUT2D eigenvalue weighted by Gasteiger charge is 2.52. The number of hydrogen-bond donors (Lipinski definition) is 19. The van der Waals surface area contributed by atoms with Gasteiger partial charge in [-0.25, -0.2) is 39.3 Å². The second-order valence-corrected chi connectivity index (χ2v) is 39.3. The molecule has 10 rings (SSSR count). The number of thiazole rings is 4. The number of aliphatic imine (C=N–C) groups is 2. The zero-order chi connectivity index (χ0) is 100.0. The predicted molar refractivity (Wildman–Crippen MR) is 501 cm³/mol. The van der Waals surface area contributed by atoms with Crippen LogP contribution in [0.4, 0.5) is 0 Å². The number of amides is 13. The number of esters is 3. The maximum atomic E-state index is 15.7. The van der Waals surface area contributed by atoms with Gasteiger partial charge in [0.05, 0.1) is 73.1 Å². The van der Waals surface area contributed by atoms with Crippen LogP contribution in [-0.2, 0) is 77.3 Å². The number of pyridine rings is 1. The first-order valence-electron chi connectivity index (χ1n) is 42.6. The minimum atomic E-state index is -2.25. The van der Waals surface area contributed by atoms with Gasteiger partial charge in [0.15, 0.2) is 0 Å². The first-order valence-corrected chi connectivity index (χ1v) is 49.4. The van der Waals surface area contributed by atoms with Crippen LogP contribution < -0.4 is 74.9 Å². The number of primary amides is 1. The molecule has 52 heteroatoms. The number of aliphatic hydroxyl groups is 5. The number of nitrogens with two attached hydrogens (primary N) is 1. The second kappa shape index (κ2) is 46.6. The van der Waals surface area contributed by atoms with E-state index in [0.29, 0.717) is 6.42 Å². The summed E-state index contributed by atoms with van der Waals surface area (Å²) >= 11 is 6.03. The molecule has 13 bridgehead atoms. The number of carbonyl (C=O) groups excluding carboxylic acids is 16. The van der Waals surface area contributed by atoms with E-state index in [9.17, 15) is 87.9 Å². The molecule has 0 spiro atoms. The number of hydrogen-bond acceptors (Lipinski definition) is 39. The van der Waals surface area contributed by atoms with Gasteiger partial charge in [-0.1, -0.05) is 45.1 Å². The Morgan fingerprint density at radius 1 is 0.699 bits per heavy atom. The Labute approximate surface area is 807 Å². The lowest BCUT2D eigenvalue weighted by atomic mass is 9.80. The van der Waals surface area contributed by atoms with Gasteiger partial charge in [-0.3, -0.25) is 77.6 Å². The van der Waals surface area contributed by atoms with Crippen molar-refractivity contribution in [1.82, 2.24) is 94.0 Å². The van der Waals surface area contributed by atoms with E-state index in [1.807, 2.05) is 0 Å². The number of nitrogens with zero attached hydrogens (tertiary/aromatic N) is 7. The quantitative estimate of drug-likeness (QED) is 0.0206. The van der Waals surface area contributed by atoms with Gasteiger partial charge in [-0.2, -0.15) is 23.5 Å². The zero-order valence-electron chi connectivity index (χ0n) is 76.0. The molecule has 5 aliphatic rings. The molecule has 21 atom stereocenters. The lowest BCUT2D eigenvalue weighted by Gasteiger charge is -2.41. The highest BCUT2D eigenvalue weighted by Crippen LogP contribution is 2.48. The molecular weight excluding hydrogens is 1910 g/mol. The maximum Gasteiger partial charge on any atom is 0.357 e. The van der Waals surface area contributed by atoms with E-state index < -0.39 is 238 Å². The number of fused-ring (bicyclic) bond motifs is 7. The van der Waals surface area contributed by atoms with Crippen molar-refractivity contribution in [3.05, 3.63) is 123 Å². The van der Waals surface area contributed by atoms with Crippen molar-refractivity contribution in [3.8, 4) is 0 Å². The predicted octanol–water partition coefficient (Wildman–Crippen LogP) is -0.695. The highest BCUT2D eigenvalue weighted by atomic mass is 32.2. The van der Waals surface area contributed by atoms with Crippen LogP contribution in [0.15, 0.2) is 67.7 Å². The van der Waals surface area contributed by atoms with E-state index in [4.69, 9.17) is 39.9 Å². The molecule has 0 aromatic carbocycles. The van der Waals surface area contributed by atoms with Crippen LogP contribution >= 0.6 is 80.6 Å². The number of methoxy groups -OCH3 is 2. The van der Waals surface area contributed by atoms with Gasteiger partial charge in [0.1, 0.15) is 138 Å². The second-order valence-electron chi connectivity index (χ2n) is 32.7. The normalized spacial score (nSPS) is 25.3. The number of aliphatic hydroxyl groups excluding tert-OH is 4. The monoisotopic (exact) mass is 2020 g/mol. The van der Waals surface area contributed by atoms with Gasteiger partial charge < -0.3 is 109 Å². The van der Waals surface area contributed by atoms with E-state index in [2.05, 4.69) is 90.7 Å². The number of cyclic esters (lactones) is 1. The van der Waals surface area contributed by atoms with Crippen molar-refractivity contribution < 1.29 is 116 Å². The van der Waals surface area contributed by atoms with Crippen molar-refractivity contribution in [2.24, 2.45) is 21.6 Å². The third-order valence-electron chi connectivity index (χ3n) is 22.5. The molecule has 0 saturated carbocycles. The Morgan fingerprint density at radius 2 is 1.32 bits per heavy atom. The molecule has 136 heavy (non-hydrogen) atoms. The molecule has 0 radical (unpaired) electrons. The summed E-state index contributed by atoms with van der Waals surface area (Å²) in [6.45, 7) is 20.1. The molecule has 9 heterocycles.